The van der Waals surface area contributed by atoms with Gasteiger partial charge < -0.3 is 10.4 Å². The van der Waals surface area contributed by atoms with Gasteiger partial charge in [0.1, 0.15) is 5.82 Å². The van der Waals surface area contributed by atoms with Crippen molar-refractivity contribution in [2.45, 2.75) is 6.92 Å². The second-order valence-electron chi connectivity index (χ2n) is 4.00. The summed E-state index contributed by atoms with van der Waals surface area (Å²) in [5, 5.41) is 12.8. The lowest BCUT2D eigenvalue weighted by Gasteiger charge is -2.08. The molecule has 0 fully saturated rings. The topological polar surface area (TPSA) is 58.0 Å². The van der Waals surface area contributed by atoms with E-state index >= 15 is 0 Å². The summed E-state index contributed by atoms with van der Waals surface area (Å²) in [6.07, 6.45) is 0. The maximum absolute atomic E-state index is 8.81. The van der Waals surface area contributed by atoms with Crippen molar-refractivity contribution in [3.05, 3.63) is 40.0 Å². The summed E-state index contributed by atoms with van der Waals surface area (Å²) >= 11 is 11.9. The van der Waals surface area contributed by atoms with Gasteiger partial charge in [-0.3, -0.25) is 0 Å². The molecule has 0 saturated carbocycles. The number of halogens is 2. The molecule has 0 radical (unpaired) electrons. The minimum atomic E-state index is 0.0468. The Morgan fingerprint density at radius 1 is 1.16 bits per heavy atom. The van der Waals surface area contributed by atoms with Crippen LogP contribution < -0.4 is 5.32 Å². The van der Waals surface area contributed by atoms with Gasteiger partial charge in [-0.05, 0) is 25.1 Å². The number of aromatic nitrogens is 2. The molecule has 19 heavy (non-hydrogen) atoms. The molecular weight excluding hydrogens is 285 g/mol. The largest absolute Gasteiger partial charge is 0.395 e. The van der Waals surface area contributed by atoms with Crippen LogP contribution in [0.15, 0.2) is 24.3 Å². The first kappa shape index (κ1) is 14.1. The Balaban J connectivity index is 2.37. The third kappa shape index (κ3) is 3.56. The van der Waals surface area contributed by atoms with Crippen LogP contribution in [0, 0.1) is 6.92 Å². The highest BCUT2D eigenvalue weighted by molar-refractivity contribution is 6.42. The Kier molecular flexibility index (Phi) is 4.58. The van der Waals surface area contributed by atoms with Crippen LogP contribution in [0.25, 0.3) is 11.4 Å². The maximum atomic E-state index is 8.81. The highest BCUT2D eigenvalue weighted by Crippen LogP contribution is 2.27. The fourth-order valence-electron chi connectivity index (χ4n) is 1.61. The van der Waals surface area contributed by atoms with E-state index in [9.17, 15) is 0 Å². The third-order valence-electron chi connectivity index (χ3n) is 2.45. The number of hydrogen-bond donors (Lipinski definition) is 2. The van der Waals surface area contributed by atoms with Gasteiger partial charge in [-0.15, -0.1) is 0 Å². The molecule has 1 aromatic carbocycles. The summed E-state index contributed by atoms with van der Waals surface area (Å²) in [4.78, 5) is 8.74. The van der Waals surface area contributed by atoms with Gasteiger partial charge in [0.15, 0.2) is 5.82 Å². The van der Waals surface area contributed by atoms with Gasteiger partial charge in [0.25, 0.3) is 0 Å². The highest BCUT2D eigenvalue weighted by Gasteiger charge is 2.07. The van der Waals surface area contributed by atoms with E-state index in [-0.39, 0.29) is 6.61 Å². The average Bonchev–Trinajstić information content (AvgIpc) is 2.39. The predicted octanol–water partition coefficient (Wildman–Crippen LogP) is 3.16. The molecule has 1 aromatic heterocycles. The smallest absolute Gasteiger partial charge is 0.161 e. The quantitative estimate of drug-likeness (QED) is 0.910. The Bertz CT molecular complexity index is 590. The zero-order valence-electron chi connectivity index (χ0n) is 10.3. The first-order valence-electron chi connectivity index (χ1n) is 5.76. The first-order valence-corrected chi connectivity index (χ1v) is 6.51. The Labute approximate surface area is 121 Å². The van der Waals surface area contributed by atoms with E-state index in [2.05, 4.69) is 15.3 Å². The van der Waals surface area contributed by atoms with Gasteiger partial charge in [0, 0.05) is 23.9 Å². The van der Waals surface area contributed by atoms with Crippen LogP contribution in [0.3, 0.4) is 0 Å². The Morgan fingerprint density at radius 3 is 2.63 bits per heavy atom. The molecule has 0 aliphatic rings. The van der Waals surface area contributed by atoms with E-state index < -0.39 is 0 Å². The van der Waals surface area contributed by atoms with Crippen molar-refractivity contribution in [2.24, 2.45) is 0 Å². The van der Waals surface area contributed by atoms with Gasteiger partial charge in [-0.2, -0.15) is 0 Å². The normalized spacial score (nSPS) is 10.5. The summed E-state index contributed by atoms with van der Waals surface area (Å²) < 4.78 is 0. The number of rotatable bonds is 4. The zero-order chi connectivity index (χ0) is 13.8. The van der Waals surface area contributed by atoms with Crippen LogP contribution in [-0.4, -0.2) is 28.2 Å². The molecule has 0 aliphatic heterocycles. The molecule has 6 heteroatoms. The SMILES string of the molecule is Cc1cc(NCCO)nc(-c2ccc(Cl)c(Cl)c2)n1. The lowest BCUT2D eigenvalue weighted by atomic mass is 10.2. The second kappa shape index (κ2) is 6.19. The molecule has 0 amide bonds. The van der Waals surface area contributed by atoms with Crippen LogP contribution in [0.5, 0.6) is 0 Å². The standard InChI is InChI=1S/C13H13Cl2N3O/c1-8-6-12(16-4-5-19)18-13(17-8)9-2-3-10(14)11(15)7-9/h2-3,6-7,19H,4-5H2,1H3,(H,16,17,18). The number of aryl methyl sites for hydroxylation is 1. The van der Waals surface area contributed by atoms with Crippen LogP contribution in [0.4, 0.5) is 5.82 Å². The molecule has 1 heterocycles. The number of aliphatic hydroxyl groups excluding tert-OH is 1. The maximum Gasteiger partial charge on any atom is 0.161 e. The van der Waals surface area contributed by atoms with Crippen LogP contribution in [-0.2, 0) is 0 Å². The molecule has 4 nitrogen and oxygen atoms in total. The van der Waals surface area contributed by atoms with Crippen molar-refractivity contribution < 1.29 is 5.11 Å². The van der Waals surface area contributed by atoms with Crippen LogP contribution >= 0.6 is 23.2 Å². The fourth-order valence-corrected chi connectivity index (χ4v) is 1.91. The number of aliphatic hydroxyl groups is 1. The number of anilines is 1. The first-order chi connectivity index (χ1) is 9.10. The van der Waals surface area contributed by atoms with Crippen molar-refractivity contribution in [3.63, 3.8) is 0 Å². The lowest BCUT2D eigenvalue weighted by Crippen LogP contribution is -2.08. The van der Waals surface area contributed by atoms with Crippen molar-refractivity contribution in [3.8, 4) is 11.4 Å². The van der Waals surface area contributed by atoms with Gasteiger partial charge in [-0.1, -0.05) is 23.2 Å². The minimum Gasteiger partial charge on any atom is -0.395 e. The van der Waals surface area contributed by atoms with Crippen molar-refractivity contribution >= 4 is 29.0 Å². The van der Waals surface area contributed by atoms with Gasteiger partial charge in [0.05, 0.1) is 16.7 Å². The van der Waals surface area contributed by atoms with Gasteiger partial charge >= 0.3 is 0 Å². The van der Waals surface area contributed by atoms with Crippen LogP contribution in [0.2, 0.25) is 10.0 Å². The van der Waals surface area contributed by atoms with Crippen molar-refractivity contribution in [2.75, 3.05) is 18.5 Å². The summed E-state index contributed by atoms with van der Waals surface area (Å²) in [6.45, 7) is 2.37. The molecule has 0 saturated heterocycles. The summed E-state index contributed by atoms with van der Waals surface area (Å²) in [5.41, 5.74) is 1.63. The summed E-state index contributed by atoms with van der Waals surface area (Å²) in [6, 6.07) is 7.08. The minimum absolute atomic E-state index is 0.0468. The molecular formula is C13H13Cl2N3O. The number of benzene rings is 1. The summed E-state index contributed by atoms with van der Waals surface area (Å²) in [5.74, 6) is 1.24. The fraction of sp³-hybridized carbons (Fsp3) is 0.231. The molecule has 2 aromatic rings. The highest BCUT2D eigenvalue weighted by atomic mass is 35.5. The monoisotopic (exact) mass is 297 g/mol. The van der Waals surface area contributed by atoms with E-state index in [0.29, 0.717) is 28.2 Å². The van der Waals surface area contributed by atoms with E-state index in [4.69, 9.17) is 28.3 Å². The zero-order valence-corrected chi connectivity index (χ0v) is 11.8. The van der Waals surface area contributed by atoms with E-state index in [0.717, 1.165) is 11.3 Å². The summed E-state index contributed by atoms with van der Waals surface area (Å²) in [7, 11) is 0. The predicted molar refractivity (Wildman–Crippen MR) is 77.8 cm³/mol. The van der Waals surface area contributed by atoms with Crippen LogP contribution in [0.1, 0.15) is 5.69 Å². The van der Waals surface area contributed by atoms with Gasteiger partial charge in [0.2, 0.25) is 0 Å². The molecule has 0 spiro atoms. The number of nitrogens with one attached hydrogen (secondary N) is 1. The Hall–Kier alpha value is -1.36. The molecule has 2 N–H and O–H groups in total. The molecule has 0 bridgehead atoms. The van der Waals surface area contributed by atoms with Crippen molar-refractivity contribution in [1.82, 2.24) is 9.97 Å². The van der Waals surface area contributed by atoms with E-state index in [1.54, 1.807) is 12.1 Å². The molecule has 0 aliphatic carbocycles. The number of hydrogen-bond acceptors (Lipinski definition) is 4. The average molecular weight is 298 g/mol. The molecule has 2 rings (SSSR count). The molecule has 100 valence electrons. The van der Waals surface area contributed by atoms with Crippen molar-refractivity contribution in [1.29, 1.82) is 0 Å². The molecule has 0 unspecified atom stereocenters. The Morgan fingerprint density at radius 2 is 1.95 bits per heavy atom. The lowest BCUT2D eigenvalue weighted by molar-refractivity contribution is 0.311. The van der Waals surface area contributed by atoms with Gasteiger partial charge in [-0.25, -0.2) is 9.97 Å². The molecule has 0 atom stereocenters. The number of nitrogens with zero attached hydrogens (tertiary/aromatic N) is 2. The third-order valence-corrected chi connectivity index (χ3v) is 3.19. The van der Waals surface area contributed by atoms with E-state index in [1.807, 2.05) is 19.1 Å². The second-order valence-corrected chi connectivity index (χ2v) is 4.81. The van der Waals surface area contributed by atoms with E-state index in [1.165, 1.54) is 0 Å².